The molecule has 0 aliphatic carbocycles. The first-order valence-corrected chi connectivity index (χ1v) is 24.1. The van der Waals surface area contributed by atoms with Crippen LogP contribution in [0.1, 0.15) is 209 Å². The van der Waals surface area contributed by atoms with Crippen molar-refractivity contribution in [1.82, 2.24) is 0 Å². The molecule has 0 aliphatic heterocycles. The zero-order valence-corrected chi connectivity index (χ0v) is 38.7. The van der Waals surface area contributed by atoms with Gasteiger partial charge in [-0.2, -0.15) is 0 Å². The van der Waals surface area contributed by atoms with Crippen LogP contribution in [-0.2, 0) is 38.0 Å². The van der Waals surface area contributed by atoms with Gasteiger partial charge in [0.2, 0.25) is 0 Å². The molecule has 0 aromatic heterocycles. The molecule has 1 N–H and O–H groups in total. The summed E-state index contributed by atoms with van der Waals surface area (Å²) in [5, 5.41) is 9.89. The van der Waals surface area contributed by atoms with Crippen LogP contribution in [0.15, 0.2) is 0 Å². The maximum absolute atomic E-state index is 12.6. The molecule has 0 heterocycles. The van der Waals surface area contributed by atoms with E-state index >= 15 is 0 Å². The molecule has 0 fully saturated rings. The molecule has 0 saturated carbocycles. The molecule has 0 amide bonds. The van der Waals surface area contributed by atoms with E-state index in [0.29, 0.717) is 36.5 Å². The van der Waals surface area contributed by atoms with Crippen LogP contribution in [0.4, 0.5) is 0 Å². The fourth-order valence-corrected chi connectivity index (χ4v) is 7.79. The van der Waals surface area contributed by atoms with Crippen molar-refractivity contribution in [2.75, 3.05) is 46.2 Å². The number of aliphatic hydroxyl groups excluding tert-OH is 1. The third-order valence-electron chi connectivity index (χ3n) is 11.0. The molecule has 0 atom stereocenters. The third-order valence-corrected chi connectivity index (χ3v) is 11.0. The van der Waals surface area contributed by atoms with Crippen LogP contribution >= 0.6 is 0 Å². The minimum Gasteiger partial charge on any atom is -0.465 e. The van der Waals surface area contributed by atoms with Crippen molar-refractivity contribution in [3.8, 4) is 0 Å². The van der Waals surface area contributed by atoms with Crippen molar-refractivity contribution >= 4 is 11.9 Å². The first-order valence-electron chi connectivity index (χ1n) is 24.1. The van der Waals surface area contributed by atoms with Gasteiger partial charge in [-0.05, 0) is 114 Å². The summed E-state index contributed by atoms with van der Waals surface area (Å²) in [6, 6.07) is 0. The van der Waals surface area contributed by atoms with Crippen LogP contribution in [0, 0.1) is 29.6 Å². The quantitative estimate of drug-likeness (QED) is 0.0365. The Morgan fingerprint density at radius 1 is 0.368 bits per heavy atom. The number of carbonyl (C=O) groups is 2. The molecule has 0 spiro atoms. The Morgan fingerprint density at radius 3 is 0.860 bits per heavy atom. The fourth-order valence-electron chi connectivity index (χ4n) is 7.79. The van der Waals surface area contributed by atoms with E-state index in [2.05, 4.69) is 55.4 Å². The lowest BCUT2D eigenvalue weighted by Gasteiger charge is -2.25. The van der Waals surface area contributed by atoms with Crippen molar-refractivity contribution < 1.29 is 43.1 Å². The van der Waals surface area contributed by atoms with Gasteiger partial charge in [-0.3, -0.25) is 9.59 Å². The summed E-state index contributed by atoms with van der Waals surface area (Å²) in [5.41, 5.74) is 0. The Balaban J connectivity index is 4.74. The maximum atomic E-state index is 12.6. The molecular weight excluding hydrogens is 721 g/mol. The van der Waals surface area contributed by atoms with E-state index in [1.165, 1.54) is 51.4 Å². The lowest BCUT2D eigenvalue weighted by Crippen LogP contribution is -2.25. The van der Waals surface area contributed by atoms with Gasteiger partial charge >= 0.3 is 11.9 Å². The van der Waals surface area contributed by atoms with Crippen molar-refractivity contribution in [2.24, 2.45) is 29.6 Å². The number of ether oxygens (including phenoxy) is 6. The summed E-state index contributed by atoms with van der Waals surface area (Å²) in [5.74, 6) is 1.15. The smallest absolute Gasteiger partial charge is 0.305 e. The van der Waals surface area contributed by atoms with Gasteiger partial charge in [-0.15, -0.1) is 0 Å². The molecule has 9 nitrogen and oxygen atoms in total. The zero-order chi connectivity index (χ0) is 42.4. The van der Waals surface area contributed by atoms with Gasteiger partial charge in [0.1, 0.15) is 0 Å². The Morgan fingerprint density at radius 2 is 0.632 bits per heavy atom. The molecule has 0 aromatic rings. The second-order valence-corrected chi connectivity index (χ2v) is 16.9. The first kappa shape index (κ1) is 55.7. The standard InChI is InChI=1S/C48H94O9/c1-9-21-40(22-10-2)34-54-47(55-35-41(23-11-3)24-12-4)31-19-17-29-45(50)52-38-44(33-49)39-53-46(51)30-18-20-32-48(56-36-42(25-13-5)26-14-6)57-37-43(27-15-7)28-16-8/h40-44,47-49H,9-39H2,1-8H3. The van der Waals surface area contributed by atoms with Crippen LogP contribution in [0.25, 0.3) is 0 Å². The Labute approximate surface area is 352 Å². The number of unbranched alkanes of at least 4 members (excludes halogenated alkanes) is 2. The van der Waals surface area contributed by atoms with E-state index < -0.39 is 5.92 Å². The van der Waals surface area contributed by atoms with Gasteiger partial charge < -0.3 is 33.5 Å². The van der Waals surface area contributed by atoms with E-state index in [4.69, 9.17) is 28.4 Å². The van der Waals surface area contributed by atoms with Gasteiger partial charge in [-0.25, -0.2) is 0 Å². The average molecular weight is 815 g/mol. The van der Waals surface area contributed by atoms with Crippen molar-refractivity contribution in [3.63, 3.8) is 0 Å². The summed E-state index contributed by atoms with van der Waals surface area (Å²) in [6.07, 6.45) is 23.1. The zero-order valence-electron chi connectivity index (χ0n) is 38.7. The number of carbonyl (C=O) groups excluding carboxylic acids is 2. The van der Waals surface area contributed by atoms with E-state index in [1.54, 1.807) is 0 Å². The number of aliphatic hydroxyl groups is 1. The molecular formula is C48H94O9. The van der Waals surface area contributed by atoms with Gasteiger partial charge in [0, 0.05) is 12.8 Å². The van der Waals surface area contributed by atoms with Gasteiger partial charge in [-0.1, -0.05) is 107 Å². The topological polar surface area (TPSA) is 110 Å². The van der Waals surface area contributed by atoms with Crippen LogP contribution in [0.3, 0.4) is 0 Å². The minimum atomic E-state index is -0.452. The van der Waals surface area contributed by atoms with Crippen molar-refractivity contribution in [1.29, 1.82) is 0 Å². The molecule has 9 heteroatoms. The summed E-state index contributed by atoms with van der Waals surface area (Å²) in [4.78, 5) is 25.2. The number of hydrogen-bond donors (Lipinski definition) is 1. The van der Waals surface area contributed by atoms with E-state index in [9.17, 15) is 14.7 Å². The molecule has 0 aliphatic rings. The van der Waals surface area contributed by atoms with Crippen LogP contribution in [0.2, 0.25) is 0 Å². The molecule has 0 rings (SSSR count). The van der Waals surface area contributed by atoms with Gasteiger partial charge in [0.25, 0.3) is 0 Å². The van der Waals surface area contributed by atoms with Crippen molar-refractivity contribution in [3.05, 3.63) is 0 Å². The van der Waals surface area contributed by atoms with Gasteiger partial charge in [0.05, 0.1) is 52.2 Å². The predicted molar refractivity (Wildman–Crippen MR) is 234 cm³/mol. The number of esters is 2. The van der Waals surface area contributed by atoms with Crippen LogP contribution in [-0.4, -0.2) is 75.9 Å². The fraction of sp³-hybridized carbons (Fsp3) is 0.958. The highest BCUT2D eigenvalue weighted by atomic mass is 16.7. The van der Waals surface area contributed by atoms with Crippen molar-refractivity contribution in [2.45, 2.75) is 222 Å². The number of hydrogen-bond acceptors (Lipinski definition) is 9. The monoisotopic (exact) mass is 815 g/mol. The Hall–Kier alpha value is -1.26. The van der Waals surface area contributed by atoms with Gasteiger partial charge in [0.15, 0.2) is 12.6 Å². The highest BCUT2D eigenvalue weighted by Crippen LogP contribution is 2.22. The highest BCUT2D eigenvalue weighted by Gasteiger charge is 2.20. The summed E-state index contributed by atoms with van der Waals surface area (Å²) >= 11 is 0. The predicted octanol–water partition coefficient (Wildman–Crippen LogP) is 12.4. The minimum absolute atomic E-state index is 0.0222. The molecule has 0 aromatic carbocycles. The normalized spacial score (nSPS) is 12.1. The van der Waals surface area contributed by atoms with E-state index in [-0.39, 0.29) is 57.2 Å². The lowest BCUT2D eigenvalue weighted by molar-refractivity contribution is -0.163. The SMILES string of the molecule is CCCC(CCC)COC(CCCCC(=O)OCC(CO)COC(=O)CCCCC(OCC(CCC)CCC)OCC(CCC)CCC)OCC(CCC)CCC. The van der Waals surface area contributed by atoms with Crippen LogP contribution < -0.4 is 0 Å². The molecule has 0 bridgehead atoms. The molecule has 0 saturated heterocycles. The molecule has 340 valence electrons. The molecule has 0 unspecified atom stereocenters. The second kappa shape index (κ2) is 40.2. The largest absolute Gasteiger partial charge is 0.465 e. The molecule has 0 radical (unpaired) electrons. The summed E-state index contributed by atoms with van der Waals surface area (Å²) < 4.78 is 36.4. The highest BCUT2D eigenvalue weighted by molar-refractivity contribution is 5.69. The number of rotatable bonds is 43. The van der Waals surface area contributed by atoms with E-state index in [1.807, 2.05) is 0 Å². The average Bonchev–Trinajstić information content (AvgIpc) is 3.19. The summed E-state index contributed by atoms with van der Waals surface area (Å²) in [6.45, 7) is 20.5. The summed E-state index contributed by atoms with van der Waals surface area (Å²) in [7, 11) is 0. The third kappa shape index (κ3) is 32.2. The Kier molecular flexibility index (Phi) is 39.3. The Bertz CT molecular complexity index is 754. The van der Waals surface area contributed by atoms with Crippen LogP contribution in [0.5, 0.6) is 0 Å². The lowest BCUT2D eigenvalue weighted by atomic mass is 9.99. The molecule has 57 heavy (non-hydrogen) atoms. The maximum Gasteiger partial charge on any atom is 0.305 e. The van der Waals surface area contributed by atoms with E-state index in [0.717, 1.165) is 103 Å². The second-order valence-electron chi connectivity index (χ2n) is 16.9. The first-order chi connectivity index (χ1) is 27.7.